The van der Waals surface area contributed by atoms with Crippen molar-refractivity contribution in [1.29, 1.82) is 0 Å². The van der Waals surface area contributed by atoms with Crippen LogP contribution in [-0.2, 0) is 33.6 Å². The van der Waals surface area contributed by atoms with E-state index in [4.69, 9.17) is 16.7 Å². The lowest BCUT2D eigenvalue weighted by molar-refractivity contribution is -0.142. The third-order valence-corrected chi connectivity index (χ3v) is 7.18. The molecule has 1 aliphatic heterocycles. The molecule has 0 radical (unpaired) electrons. The lowest BCUT2D eigenvalue weighted by Gasteiger charge is -2.34. The first-order chi connectivity index (χ1) is 19.6. The lowest BCUT2D eigenvalue weighted by atomic mass is 9.91. The minimum absolute atomic E-state index is 0.0116. The molecule has 10 nitrogen and oxygen atoms in total. The Morgan fingerprint density at radius 2 is 1.56 bits per heavy atom. The van der Waals surface area contributed by atoms with Gasteiger partial charge in [0.15, 0.2) is 0 Å². The number of carboxylic acids is 2. The SMILES string of the molecule is CN1CCc2cc(NC(=O)Nc3ccc(Cl)cc3)ccc2C1C(=O)NC(Cc1ccc(CCC(=O)O)cc1)C(=O)O. The van der Waals surface area contributed by atoms with Gasteiger partial charge in [-0.25, -0.2) is 9.59 Å². The molecule has 3 aromatic rings. The third kappa shape index (κ3) is 8.06. The van der Waals surface area contributed by atoms with Crippen molar-refractivity contribution in [1.82, 2.24) is 10.2 Å². The normalized spacial score (nSPS) is 15.3. The van der Waals surface area contributed by atoms with Crippen LogP contribution in [0.2, 0.25) is 5.02 Å². The Hall–Kier alpha value is -4.41. The number of anilines is 2. The van der Waals surface area contributed by atoms with Gasteiger partial charge in [-0.05, 0) is 78.5 Å². The zero-order valence-electron chi connectivity index (χ0n) is 22.4. The average molecular weight is 579 g/mol. The number of rotatable bonds is 10. The molecule has 2 atom stereocenters. The molecule has 1 aliphatic rings. The van der Waals surface area contributed by atoms with Crippen LogP contribution in [0.25, 0.3) is 0 Å². The smallest absolute Gasteiger partial charge is 0.326 e. The van der Waals surface area contributed by atoms with Gasteiger partial charge >= 0.3 is 18.0 Å². The summed E-state index contributed by atoms with van der Waals surface area (Å²) in [5, 5.41) is 27.5. The number of aryl methyl sites for hydroxylation is 1. The number of nitrogens with one attached hydrogen (secondary N) is 3. The van der Waals surface area contributed by atoms with Crippen molar-refractivity contribution in [3.05, 3.63) is 94.0 Å². The van der Waals surface area contributed by atoms with E-state index in [1.54, 1.807) is 60.7 Å². The van der Waals surface area contributed by atoms with Crippen LogP contribution < -0.4 is 16.0 Å². The van der Waals surface area contributed by atoms with Crippen molar-refractivity contribution in [2.24, 2.45) is 0 Å². The van der Waals surface area contributed by atoms with E-state index in [0.29, 0.717) is 41.3 Å². The van der Waals surface area contributed by atoms with Crippen molar-refractivity contribution < 1.29 is 29.4 Å². The van der Waals surface area contributed by atoms with Crippen LogP contribution in [0.5, 0.6) is 0 Å². The standard InChI is InChI=1S/C30H31ClN4O6/c1-35-15-14-20-17-23(33-30(41)32-22-9-7-21(31)8-10-22)11-12-24(20)27(35)28(38)34-25(29(39)40)16-19-4-2-18(3-5-19)6-13-26(36)37/h2-5,7-12,17,25,27H,6,13-16H2,1H3,(H,34,38)(H,36,37)(H,39,40)(H2,32,33,41). The summed E-state index contributed by atoms with van der Waals surface area (Å²) in [4.78, 5) is 50.6. The zero-order chi connectivity index (χ0) is 29.5. The van der Waals surface area contributed by atoms with Gasteiger partial charge in [-0.1, -0.05) is 41.9 Å². The van der Waals surface area contributed by atoms with E-state index in [2.05, 4.69) is 16.0 Å². The highest BCUT2D eigenvalue weighted by Gasteiger charge is 2.33. The molecule has 0 aliphatic carbocycles. The number of carbonyl (C=O) groups excluding carboxylic acids is 2. The Morgan fingerprint density at radius 1 is 0.927 bits per heavy atom. The Bertz CT molecular complexity index is 1430. The lowest BCUT2D eigenvalue weighted by Crippen LogP contribution is -2.49. The maximum Gasteiger partial charge on any atom is 0.326 e. The fraction of sp³-hybridized carbons (Fsp3) is 0.267. The summed E-state index contributed by atoms with van der Waals surface area (Å²) in [5.41, 5.74) is 4.33. The van der Waals surface area contributed by atoms with Gasteiger partial charge in [-0.15, -0.1) is 0 Å². The van der Waals surface area contributed by atoms with Gasteiger partial charge < -0.3 is 26.2 Å². The Balaban J connectivity index is 1.42. The first-order valence-electron chi connectivity index (χ1n) is 13.1. The van der Waals surface area contributed by atoms with Crippen molar-refractivity contribution in [2.75, 3.05) is 24.2 Å². The molecular formula is C30H31ClN4O6. The molecule has 0 spiro atoms. The highest BCUT2D eigenvalue weighted by atomic mass is 35.5. The van der Waals surface area contributed by atoms with E-state index in [0.717, 1.165) is 16.7 Å². The van der Waals surface area contributed by atoms with Crippen molar-refractivity contribution >= 4 is 46.9 Å². The van der Waals surface area contributed by atoms with Gasteiger partial charge in [0.05, 0.1) is 0 Å². The molecule has 0 aromatic heterocycles. The molecule has 4 rings (SSSR count). The molecule has 5 N–H and O–H groups in total. The number of benzene rings is 3. The summed E-state index contributed by atoms with van der Waals surface area (Å²) < 4.78 is 0. The fourth-order valence-electron chi connectivity index (χ4n) is 4.78. The summed E-state index contributed by atoms with van der Waals surface area (Å²) in [6.07, 6.45) is 1.12. The van der Waals surface area contributed by atoms with E-state index in [1.165, 1.54) is 0 Å². The average Bonchev–Trinajstić information content (AvgIpc) is 2.93. The highest BCUT2D eigenvalue weighted by molar-refractivity contribution is 6.30. The molecule has 41 heavy (non-hydrogen) atoms. The van der Waals surface area contributed by atoms with Crippen LogP contribution in [-0.4, -0.2) is 58.6 Å². The quantitative estimate of drug-likeness (QED) is 0.240. The summed E-state index contributed by atoms with van der Waals surface area (Å²) in [6, 6.07) is 16.8. The second-order valence-corrected chi connectivity index (χ2v) is 10.4. The number of aliphatic carboxylic acids is 2. The summed E-state index contributed by atoms with van der Waals surface area (Å²) in [7, 11) is 1.81. The maximum atomic E-state index is 13.4. The molecule has 2 unspecified atom stereocenters. The molecular weight excluding hydrogens is 548 g/mol. The second-order valence-electron chi connectivity index (χ2n) is 9.95. The predicted molar refractivity (Wildman–Crippen MR) is 155 cm³/mol. The van der Waals surface area contributed by atoms with Crippen molar-refractivity contribution in [2.45, 2.75) is 37.8 Å². The molecule has 0 saturated carbocycles. The summed E-state index contributed by atoms with van der Waals surface area (Å²) >= 11 is 5.89. The number of carboxylic acid groups (broad SMARTS) is 2. The Kier molecular flexibility index (Phi) is 9.59. The van der Waals surface area contributed by atoms with Gasteiger partial charge in [0.1, 0.15) is 12.1 Å². The van der Waals surface area contributed by atoms with E-state index >= 15 is 0 Å². The monoisotopic (exact) mass is 578 g/mol. The summed E-state index contributed by atoms with van der Waals surface area (Å²) in [6.45, 7) is 0.570. The van der Waals surface area contributed by atoms with Gasteiger partial charge in [-0.3, -0.25) is 14.5 Å². The number of hydrogen-bond donors (Lipinski definition) is 5. The molecule has 3 aromatic carbocycles. The number of nitrogens with zero attached hydrogens (tertiary/aromatic N) is 1. The highest BCUT2D eigenvalue weighted by Crippen LogP contribution is 2.31. The van der Waals surface area contributed by atoms with Gasteiger partial charge in [-0.2, -0.15) is 0 Å². The molecule has 11 heteroatoms. The van der Waals surface area contributed by atoms with Crippen LogP contribution in [0.3, 0.4) is 0 Å². The minimum Gasteiger partial charge on any atom is -0.481 e. The van der Waals surface area contributed by atoms with Crippen LogP contribution in [0, 0.1) is 0 Å². The fourth-order valence-corrected chi connectivity index (χ4v) is 4.90. The van der Waals surface area contributed by atoms with Crippen molar-refractivity contribution in [3.8, 4) is 0 Å². The van der Waals surface area contributed by atoms with Gasteiger partial charge in [0.25, 0.3) is 0 Å². The number of carbonyl (C=O) groups is 4. The van der Waals surface area contributed by atoms with E-state index in [1.807, 2.05) is 18.0 Å². The topological polar surface area (TPSA) is 148 Å². The van der Waals surface area contributed by atoms with E-state index in [9.17, 15) is 24.3 Å². The Labute approximate surface area is 242 Å². The van der Waals surface area contributed by atoms with E-state index in [-0.39, 0.29) is 12.8 Å². The summed E-state index contributed by atoms with van der Waals surface area (Å²) in [5.74, 6) is -2.47. The van der Waals surface area contributed by atoms with Crippen molar-refractivity contribution in [3.63, 3.8) is 0 Å². The van der Waals surface area contributed by atoms with Crippen LogP contribution in [0.15, 0.2) is 66.7 Å². The van der Waals surface area contributed by atoms with Crippen LogP contribution in [0.4, 0.5) is 16.2 Å². The number of likely N-dealkylation sites (N-methyl/N-ethyl adjacent to an activating group) is 1. The minimum atomic E-state index is -1.15. The first-order valence-corrected chi connectivity index (χ1v) is 13.5. The number of amides is 3. The van der Waals surface area contributed by atoms with Crippen LogP contribution in [0.1, 0.15) is 34.7 Å². The van der Waals surface area contributed by atoms with Gasteiger partial charge in [0, 0.05) is 35.8 Å². The van der Waals surface area contributed by atoms with Crippen LogP contribution >= 0.6 is 11.6 Å². The van der Waals surface area contributed by atoms with E-state index < -0.39 is 36.0 Å². The predicted octanol–water partition coefficient (Wildman–Crippen LogP) is 4.34. The largest absolute Gasteiger partial charge is 0.481 e. The second kappa shape index (κ2) is 13.3. The maximum absolute atomic E-state index is 13.4. The number of halogens is 1. The molecule has 3 amide bonds. The zero-order valence-corrected chi connectivity index (χ0v) is 23.1. The Morgan fingerprint density at radius 3 is 2.22 bits per heavy atom. The molecule has 1 heterocycles. The molecule has 0 saturated heterocycles. The number of urea groups is 1. The number of fused-ring (bicyclic) bond motifs is 1. The van der Waals surface area contributed by atoms with Gasteiger partial charge in [0.2, 0.25) is 5.91 Å². The number of hydrogen-bond acceptors (Lipinski definition) is 5. The molecule has 214 valence electrons. The third-order valence-electron chi connectivity index (χ3n) is 6.93. The molecule has 0 fully saturated rings. The molecule has 0 bridgehead atoms. The first kappa shape index (κ1) is 29.6.